The summed E-state index contributed by atoms with van der Waals surface area (Å²) in [6, 6.07) is 0. The summed E-state index contributed by atoms with van der Waals surface area (Å²) < 4.78 is 0. The van der Waals surface area contributed by atoms with E-state index in [0.29, 0.717) is 12.3 Å². The Kier molecular flexibility index (Phi) is 3.53. The molecule has 1 fully saturated rings. The minimum atomic E-state index is -0.0956. The van der Waals surface area contributed by atoms with Gasteiger partial charge in [-0.05, 0) is 46.7 Å². The standard InChI is InChI=1S/C11H22N2O/c1-11(2,3)12-10(14)7-9-5-6-13(4)8-9/h9H,5-8H2,1-4H3,(H,12,14). The van der Waals surface area contributed by atoms with Crippen molar-refractivity contribution in [2.45, 2.75) is 39.2 Å². The number of nitrogens with zero attached hydrogens (tertiary/aromatic N) is 1. The van der Waals surface area contributed by atoms with Crippen LogP contribution in [0.25, 0.3) is 0 Å². The van der Waals surface area contributed by atoms with Crippen molar-refractivity contribution < 1.29 is 4.79 Å². The van der Waals surface area contributed by atoms with Crippen LogP contribution in [-0.4, -0.2) is 36.5 Å². The number of hydrogen-bond donors (Lipinski definition) is 1. The molecule has 1 aliphatic heterocycles. The average Bonchev–Trinajstić information content (AvgIpc) is 2.30. The maximum atomic E-state index is 11.6. The maximum absolute atomic E-state index is 11.6. The lowest BCUT2D eigenvalue weighted by molar-refractivity contribution is -0.123. The third-order valence-corrected chi connectivity index (χ3v) is 2.48. The van der Waals surface area contributed by atoms with E-state index >= 15 is 0 Å². The summed E-state index contributed by atoms with van der Waals surface area (Å²) in [4.78, 5) is 13.9. The number of nitrogens with one attached hydrogen (secondary N) is 1. The van der Waals surface area contributed by atoms with Gasteiger partial charge in [0.1, 0.15) is 0 Å². The minimum absolute atomic E-state index is 0.0956. The van der Waals surface area contributed by atoms with Crippen molar-refractivity contribution in [2.75, 3.05) is 20.1 Å². The number of likely N-dealkylation sites (tertiary alicyclic amines) is 1. The predicted octanol–water partition coefficient (Wildman–Crippen LogP) is 1.24. The van der Waals surface area contributed by atoms with E-state index in [1.165, 1.54) is 0 Å². The van der Waals surface area contributed by atoms with E-state index < -0.39 is 0 Å². The van der Waals surface area contributed by atoms with Gasteiger partial charge >= 0.3 is 0 Å². The first-order chi connectivity index (χ1) is 6.37. The van der Waals surface area contributed by atoms with Gasteiger partial charge in [-0.15, -0.1) is 0 Å². The zero-order valence-electron chi connectivity index (χ0n) is 9.76. The fourth-order valence-electron chi connectivity index (χ4n) is 1.92. The Balaban J connectivity index is 2.27. The molecule has 1 unspecified atom stereocenters. The Hall–Kier alpha value is -0.570. The van der Waals surface area contributed by atoms with Crippen molar-refractivity contribution in [1.82, 2.24) is 10.2 Å². The molecule has 0 radical (unpaired) electrons. The summed E-state index contributed by atoms with van der Waals surface area (Å²) in [7, 11) is 2.11. The van der Waals surface area contributed by atoms with Gasteiger partial charge in [-0.3, -0.25) is 4.79 Å². The average molecular weight is 198 g/mol. The molecule has 1 aliphatic rings. The van der Waals surface area contributed by atoms with Gasteiger partial charge in [0, 0.05) is 18.5 Å². The van der Waals surface area contributed by atoms with Crippen molar-refractivity contribution in [3.63, 3.8) is 0 Å². The molecule has 0 spiro atoms. The van der Waals surface area contributed by atoms with Crippen LogP contribution < -0.4 is 5.32 Å². The van der Waals surface area contributed by atoms with Crippen LogP contribution in [0, 0.1) is 5.92 Å². The second-order valence-electron chi connectivity index (χ2n) is 5.42. The Morgan fingerprint density at radius 1 is 1.50 bits per heavy atom. The van der Waals surface area contributed by atoms with Gasteiger partial charge in [0.25, 0.3) is 0 Å². The first-order valence-electron chi connectivity index (χ1n) is 5.36. The summed E-state index contributed by atoms with van der Waals surface area (Å²) >= 11 is 0. The van der Waals surface area contributed by atoms with E-state index in [1.807, 2.05) is 20.8 Å². The van der Waals surface area contributed by atoms with Gasteiger partial charge in [0.15, 0.2) is 0 Å². The van der Waals surface area contributed by atoms with Crippen molar-refractivity contribution >= 4 is 5.91 Å². The lowest BCUT2D eigenvalue weighted by Gasteiger charge is -2.21. The zero-order valence-corrected chi connectivity index (χ0v) is 9.76. The topological polar surface area (TPSA) is 32.3 Å². The molecule has 0 saturated carbocycles. The molecule has 0 aromatic heterocycles. The SMILES string of the molecule is CN1CCC(CC(=O)NC(C)(C)C)C1. The molecule has 82 valence electrons. The van der Waals surface area contributed by atoms with E-state index in [2.05, 4.69) is 17.3 Å². The molecule has 1 amide bonds. The fourth-order valence-corrected chi connectivity index (χ4v) is 1.92. The predicted molar refractivity (Wildman–Crippen MR) is 58.1 cm³/mol. The molecular weight excluding hydrogens is 176 g/mol. The Labute approximate surface area is 86.9 Å². The first-order valence-corrected chi connectivity index (χ1v) is 5.36. The largest absolute Gasteiger partial charge is 0.352 e. The van der Waals surface area contributed by atoms with E-state index in [4.69, 9.17) is 0 Å². The Morgan fingerprint density at radius 3 is 2.57 bits per heavy atom. The van der Waals surface area contributed by atoms with Crippen LogP contribution in [0.15, 0.2) is 0 Å². The minimum Gasteiger partial charge on any atom is -0.352 e. The van der Waals surface area contributed by atoms with E-state index in [1.54, 1.807) is 0 Å². The summed E-state index contributed by atoms with van der Waals surface area (Å²) in [5.41, 5.74) is -0.0956. The molecule has 0 aliphatic carbocycles. The molecule has 3 nitrogen and oxygen atoms in total. The zero-order chi connectivity index (χ0) is 10.8. The van der Waals surface area contributed by atoms with Crippen molar-refractivity contribution in [3.8, 4) is 0 Å². The third-order valence-electron chi connectivity index (χ3n) is 2.48. The van der Waals surface area contributed by atoms with E-state index in [9.17, 15) is 4.79 Å². The highest BCUT2D eigenvalue weighted by molar-refractivity contribution is 5.76. The summed E-state index contributed by atoms with van der Waals surface area (Å²) in [5.74, 6) is 0.750. The van der Waals surface area contributed by atoms with Crippen LogP contribution in [0.1, 0.15) is 33.6 Å². The van der Waals surface area contributed by atoms with Gasteiger partial charge in [0.2, 0.25) is 5.91 Å². The molecule has 1 N–H and O–H groups in total. The fraction of sp³-hybridized carbons (Fsp3) is 0.909. The molecule has 1 atom stereocenters. The lowest BCUT2D eigenvalue weighted by atomic mass is 10.0. The van der Waals surface area contributed by atoms with Gasteiger partial charge < -0.3 is 10.2 Å². The number of carbonyl (C=O) groups excluding carboxylic acids is 1. The monoisotopic (exact) mass is 198 g/mol. The Bertz CT molecular complexity index is 208. The quantitative estimate of drug-likeness (QED) is 0.724. The molecular formula is C11H22N2O. The van der Waals surface area contributed by atoms with Crippen molar-refractivity contribution in [3.05, 3.63) is 0 Å². The van der Waals surface area contributed by atoms with Crippen LogP contribution in [-0.2, 0) is 4.79 Å². The number of rotatable bonds is 2. The van der Waals surface area contributed by atoms with Gasteiger partial charge in [0.05, 0.1) is 0 Å². The molecule has 0 aromatic carbocycles. The summed E-state index contributed by atoms with van der Waals surface area (Å²) in [6.07, 6.45) is 1.84. The molecule has 1 saturated heterocycles. The molecule has 3 heteroatoms. The second kappa shape index (κ2) is 4.30. The van der Waals surface area contributed by atoms with Gasteiger partial charge in [-0.1, -0.05) is 0 Å². The smallest absolute Gasteiger partial charge is 0.220 e. The maximum Gasteiger partial charge on any atom is 0.220 e. The third kappa shape index (κ3) is 4.09. The highest BCUT2D eigenvalue weighted by Crippen LogP contribution is 2.18. The number of carbonyl (C=O) groups is 1. The second-order valence-corrected chi connectivity index (χ2v) is 5.42. The first kappa shape index (κ1) is 11.5. The highest BCUT2D eigenvalue weighted by Gasteiger charge is 2.23. The van der Waals surface area contributed by atoms with Crippen molar-refractivity contribution in [1.29, 1.82) is 0 Å². The normalized spacial score (nSPS) is 23.9. The Morgan fingerprint density at radius 2 is 2.14 bits per heavy atom. The molecule has 1 rings (SSSR count). The lowest BCUT2D eigenvalue weighted by Crippen LogP contribution is -2.41. The van der Waals surface area contributed by atoms with Crippen LogP contribution >= 0.6 is 0 Å². The van der Waals surface area contributed by atoms with Crippen LogP contribution in [0.3, 0.4) is 0 Å². The number of hydrogen-bond acceptors (Lipinski definition) is 2. The van der Waals surface area contributed by atoms with E-state index in [-0.39, 0.29) is 11.4 Å². The number of amides is 1. The van der Waals surface area contributed by atoms with Gasteiger partial charge in [-0.25, -0.2) is 0 Å². The summed E-state index contributed by atoms with van der Waals surface area (Å²) in [6.45, 7) is 8.26. The van der Waals surface area contributed by atoms with Crippen molar-refractivity contribution in [2.24, 2.45) is 5.92 Å². The van der Waals surface area contributed by atoms with Crippen LogP contribution in [0.5, 0.6) is 0 Å². The summed E-state index contributed by atoms with van der Waals surface area (Å²) in [5, 5.41) is 3.00. The molecule has 0 bridgehead atoms. The molecule has 1 heterocycles. The van der Waals surface area contributed by atoms with Crippen LogP contribution in [0.2, 0.25) is 0 Å². The van der Waals surface area contributed by atoms with Gasteiger partial charge in [-0.2, -0.15) is 0 Å². The molecule has 14 heavy (non-hydrogen) atoms. The van der Waals surface area contributed by atoms with Crippen LogP contribution in [0.4, 0.5) is 0 Å². The molecule has 0 aromatic rings. The van der Waals surface area contributed by atoms with E-state index in [0.717, 1.165) is 19.5 Å². The highest BCUT2D eigenvalue weighted by atomic mass is 16.1.